The normalized spacial score (nSPS) is 14.1. The first kappa shape index (κ1) is 13.7. The van der Waals surface area contributed by atoms with E-state index in [1.807, 2.05) is 0 Å². The maximum absolute atomic E-state index is 11.9. The highest BCUT2D eigenvalue weighted by Gasteiger charge is 2.28. The van der Waals surface area contributed by atoms with Crippen LogP contribution in [0.25, 0.3) is 0 Å². The fourth-order valence-electron chi connectivity index (χ4n) is 1.34. The lowest BCUT2D eigenvalue weighted by atomic mass is 9.92. The third kappa shape index (κ3) is 3.54. The molecule has 0 amide bonds. The van der Waals surface area contributed by atoms with Crippen molar-refractivity contribution in [3.8, 4) is 5.75 Å². The quantitative estimate of drug-likeness (QED) is 0.735. The number of aliphatic hydroxyl groups is 2. The van der Waals surface area contributed by atoms with Crippen molar-refractivity contribution in [1.82, 2.24) is 0 Å². The van der Waals surface area contributed by atoms with Crippen LogP contribution in [0.4, 0.5) is 0 Å². The van der Waals surface area contributed by atoms with Crippen LogP contribution in [0.2, 0.25) is 0 Å². The molecule has 1 aromatic carbocycles. The number of aliphatic hydroxyl groups excluding tert-OH is 1. The SMILES string of the molecule is CCC(C)(O)C(=O)c1ccc(OCCO)cc1. The third-order valence-corrected chi connectivity index (χ3v) is 2.65. The molecular formula is C13H18O4. The van der Waals surface area contributed by atoms with Gasteiger partial charge in [0.05, 0.1) is 6.61 Å². The Morgan fingerprint density at radius 1 is 1.35 bits per heavy atom. The molecule has 2 N–H and O–H groups in total. The number of ether oxygens (including phenoxy) is 1. The van der Waals surface area contributed by atoms with E-state index < -0.39 is 5.60 Å². The van der Waals surface area contributed by atoms with Gasteiger partial charge in [-0.1, -0.05) is 6.92 Å². The second kappa shape index (κ2) is 5.80. The standard InChI is InChI=1S/C13H18O4/c1-3-13(2,16)12(15)10-4-6-11(7-5-10)17-9-8-14/h4-7,14,16H,3,8-9H2,1-2H3. The van der Waals surface area contributed by atoms with E-state index >= 15 is 0 Å². The predicted molar refractivity (Wildman–Crippen MR) is 64.3 cm³/mol. The number of carbonyl (C=O) groups excluding carboxylic acids is 1. The van der Waals surface area contributed by atoms with Crippen LogP contribution in [-0.2, 0) is 0 Å². The van der Waals surface area contributed by atoms with Gasteiger partial charge in [-0.3, -0.25) is 4.79 Å². The van der Waals surface area contributed by atoms with Gasteiger partial charge < -0.3 is 14.9 Å². The molecule has 0 fully saturated rings. The monoisotopic (exact) mass is 238 g/mol. The van der Waals surface area contributed by atoms with Crippen molar-refractivity contribution < 1.29 is 19.7 Å². The molecule has 0 saturated heterocycles. The molecule has 0 saturated carbocycles. The van der Waals surface area contributed by atoms with E-state index in [0.717, 1.165) is 0 Å². The molecule has 0 aromatic heterocycles. The first-order valence-electron chi connectivity index (χ1n) is 5.62. The zero-order chi connectivity index (χ0) is 12.9. The molecule has 0 spiro atoms. The Kier molecular flexibility index (Phi) is 4.66. The maximum Gasteiger partial charge on any atom is 0.194 e. The fourth-order valence-corrected chi connectivity index (χ4v) is 1.34. The van der Waals surface area contributed by atoms with Crippen molar-refractivity contribution in [1.29, 1.82) is 0 Å². The van der Waals surface area contributed by atoms with Gasteiger partial charge in [-0.05, 0) is 37.6 Å². The first-order valence-corrected chi connectivity index (χ1v) is 5.62. The van der Waals surface area contributed by atoms with Gasteiger partial charge in [-0.25, -0.2) is 0 Å². The summed E-state index contributed by atoms with van der Waals surface area (Å²) in [6.45, 7) is 3.44. The van der Waals surface area contributed by atoms with E-state index in [-0.39, 0.29) is 19.0 Å². The van der Waals surface area contributed by atoms with Gasteiger partial charge in [0.2, 0.25) is 0 Å². The Balaban J connectivity index is 2.77. The molecule has 4 nitrogen and oxygen atoms in total. The second-order valence-corrected chi connectivity index (χ2v) is 4.05. The second-order valence-electron chi connectivity index (χ2n) is 4.05. The molecule has 0 heterocycles. The minimum Gasteiger partial charge on any atom is -0.491 e. The Bertz CT molecular complexity index is 368. The molecule has 94 valence electrons. The van der Waals surface area contributed by atoms with Gasteiger partial charge in [-0.2, -0.15) is 0 Å². The number of carbonyl (C=O) groups is 1. The number of rotatable bonds is 6. The summed E-state index contributed by atoms with van der Waals surface area (Å²) in [5.41, 5.74) is -0.874. The minimum atomic E-state index is -1.33. The molecule has 1 unspecified atom stereocenters. The van der Waals surface area contributed by atoms with Crippen LogP contribution in [0.15, 0.2) is 24.3 Å². The lowest BCUT2D eigenvalue weighted by Gasteiger charge is -2.19. The van der Waals surface area contributed by atoms with Crippen LogP contribution < -0.4 is 4.74 Å². The topological polar surface area (TPSA) is 66.8 Å². The van der Waals surface area contributed by atoms with Crippen LogP contribution in [0.1, 0.15) is 30.6 Å². The first-order chi connectivity index (χ1) is 8.01. The summed E-state index contributed by atoms with van der Waals surface area (Å²) in [6, 6.07) is 6.52. The molecule has 1 atom stereocenters. The van der Waals surface area contributed by atoms with E-state index in [1.54, 1.807) is 31.2 Å². The zero-order valence-corrected chi connectivity index (χ0v) is 10.1. The fraction of sp³-hybridized carbons (Fsp3) is 0.462. The smallest absolute Gasteiger partial charge is 0.194 e. The summed E-state index contributed by atoms with van der Waals surface area (Å²) in [5, 5.41) is 18.4. The van der Waals surface area contributed by atoms with Crippen molar-refractivity contribution in [2.75, 3.05) is 13.2 Å². The molecule has 0 radical (unpaired) electrons. The van der Waals surface area contributed by atoms with Crippen LogP contribution in [-0.4, -0.2) is 34.8 Å². The molecule has 1 rings (SSSR count). The van der Waals surface area contributed by atoms with Gasteiger partial charge in [0.1, 0.15) is 18.0 Å². The van der Waals surface area contributed by atoms with Crippen LogP contribution in [0.5, 0.6) is 5.75 Å². The molecular weight excluding hydrogens is 220 g/mol. The van der Waals surface area contributed by atoms with Gasteiger partial charge in [-0.15, -0.1) is 0 Å². The molecule has 0 aliphatic carbocycles. The van der Waals surface area contributed by atoms with Crippen LogP contribution in [0.3, 0.4) is 0 Å². The maximum atomic E-state index is 11.9. The van der Waals surface area contributed by atoms with Crippen molar-refractivity contribution in [2.45, 2.75) is 25.9 Å². The summed E-state index contributed by atoms with van der Waals surface area (Å²) in [4.78, 5) is 11.9. The average Bonchev–Trinajstić information content (AvgIpc) is 2.36. The van der Waals surface area contributed by atoms with Crippen molar-refractivity contribution in [3.05, 3.63) is 29.8 Å². The van der Waals surface area contributed by atoms with Gasteiger partial charge in [0.25, 0.3) is 0 Å². The van der Waals surface area contributed by atoms with Crippen LogP contribution >= 0.6 is 0 Å². The van der Waals surface area contributed by atoms with E-state index in [4.69, 9.17) is 9.84 Å². The number of hydrogen-bond donors (Lipinski definition) is 2. The van der Waals surface area contributed by atoms with Crippen molar-refractivity contribution in [3.63, 3.8) is 0 Å². The van der Waals surface area contributed by atoms with Gasteiger partial charge >= 0.3 is 0 Å². The highest BCUT2D eigenvalue weighted by molar-refractivity contribution is 6.02. The highest BCUT2D eigenvalue weighted by atomic mass is 16.5. The third-order valence-electron chi connectivity index (χ3n) is 2.65. The largest absolute Gasteiger partial charge is 0.491 e. The zero-order valence-electron chi connectivity index (χ0n) is 10.1. The van der Waals surface area contributed by atoms with Crippen molar-refractivity contribution in [2.24, 2.45) is 0 Å². The minimum absolute atomic E-state index is 0.0504. The Labute approximate surface area is 101 Å². The summed E-state index contributed by atoms with van der Waals surface area (Å²) in [7, 11) is 0. The predicted octanol–water partition coefficient (Wildman–Crippen LogP) is 1.40. The van der Waals surface area contributed by atoms with Crippen molar-refractivity contribution >= 4 is 5.78 Å². The molecule has 1 aromatic rings. The Hall–Kier alpha value is -1.39. The molecule has 17 heavy (non-hydrogen) atoms. The van der Waals surface area contributed by atoms with E-state index in [1.165, 1.54) is 6.92 Å². The summed E-state index contributed by atoms with van der Waals surface area (Å²) >= 11 is 0. The summed E-state index contributed by atoms with van der Waals surface area (Å²) < 4.78 is 5.18. The van der Waals surface area contributed by atoms with E-state index in [2.05, 4.69) is 0 Å². The molecule has 4 heteroatoms. The number of Topliss-reactive ketones (excluding diaryl/α,β-unsaturated/α-hetero) is 1. The Morgan fingerprint density at radius 3 is 2.41 bits per heavy atom. The van der Waals surface area contributed by atoms with Gasteiger partial charge in [0, 0.05) is 5.56 Å². The number of benzene rings is 1. The molecule has 0 aliphatic heterocycles. The molecule has 0 bridgehead atoms. The molecule has 0 aliphatic rings. The lowest BCUT2D eigenvalue weighted by molar-refractivity contribution is 0.0390. The number of hydrogen-bond acceptors (Lipinski definition) is 4. The van der Waals surface area contributed by atoms with Gasteiger partial charge in [0.15, 0.2) is 5.78 Å². The summed E-state index contributed by atoms with van der Waals surface area (Å²) in [6.07, 6.45) is 0.370. The average molecular weight is 238 g/mol. The highest BCUT2D eigenvalue weighted by Crippen LogP contribution is 2.19. The lowest BCUT2D eigenvalue weighted by Crippen LogP contribution is -2.34. The summed E-state index contributed by atoms with van der Waals surface area (Å²) in [5.74, 6) is 0.292. The van der Waals surface area contributed by atoms with E-state index in [9.17, 15) is 9.90 Å². The number of ketones is 1. The Morgan fingerprint density at radius 2 is 1.94 bits per heavy atom. The van der Waals surface area contributed by atoms with Crippen LogP contribution in [0, 0.1) is 0 Å². The van der Waals surface area contributed by atoms with E-state index in [0.29, 0.717) is 17.7 Å².